The van der Waals surface area contributed by atoms with Crippen molar-refractivity contribution in [3.63, 3.8) is 0 Å². The molecule has 0 unspecified atom stereocenters. The van der Waals surface area contributed by atoms with E-state index in [0.29, 0.717) is 6.54 Å². The van der Waals surface area contributed by atoms with Gasteiger partial charge < -0.3 is 0 Å². The number of nitrogens with zero attached hydrogens (tertiary/aromatic N) is 1. The van der Waals surface area contributed by atoms with E-state index >= 15 is 0 Å². The van der Waals surface area contributed by atoms with Gasteiger partial charge in [0.15, 0.2) is 0 Å². The van der Waals surface area contributed by atoms with E-state index in [1.165, 1.54) is 11.6 Å². The maximum absolute atomic E-state index is 9.94. The second-order valence-electron chi connectivity index (χ2n) is 2.89. The maximum atomic E-state index is 9.94. The Balaban J connectivity index is 3.10. The molecule has 0 radical (unpaired) electrons. The van der Waals surface area contributed by atoms with Crippen molar-refractivity contribution < 1.29 is 4.79 Å². The molecule has 13 heavy (non-hydrogen) atoms. The van der Waals surface area contributed by atoms with Crippen molar-refractivity contribution in [3.8, 4) is 0 Å². The fourth-order valence-corrected chi connectivity index (χ4v) is 1.54. The Morgan fingerprint density at radius 3 is 2.77 bits per heavy atom. The molecule has 1 aromatic carbocycles. The molecular formula is C10H10BrNO. The van der Waals surface area contributed by atoms with Crippen LogP contribution < -0.4 is 0 Å². The van der Waals surface area contributed by atoms with Crippen molar-refractivity contribution in [2.75, 3.05) is 0 Å². The minimum Gasteiger partial charge on any atom is -0.211 e. The number of aliphatic imine (C=N–C) groups is 1. The first-order valence-electron chi connectivity index (χ1n) is 3.95. The molecule has 0 aromatic heterocycles. The van der Waals surface area contributed by atoms with Crippen LogP contribution in [-0.4, -0.2) is 6.08 Å². The lowest BCUT2D eigenvalue weighted by Gasteiger charge is -2.06. The van der Waals surface area contributed by atoms with Gasteiger partial charge in [-0.2, -0.15) is 0 Å². The third kappa shape index (κ3) is 2.27. The lowest BCUT2D eigenvalue weighted by molar-refractivity contribution is 0.562. The first-order valence-corrected chi connectivity index (χ1v) is 4.74. The van der Waals surface area contributed by atoms with Crippen molar-refractivity contribution in [1.82, 2.24) is 0 Å². The highest BCUT2D eigenvalue weighted by atomic mass is 79.9. The van der Waals surface area contributed by atoms with Gasteiger partial charge in [0.1, 0.15) is 0 Å². The molecule has 3 heteroatoms. The summed E-state index contributed by atoms with van der Waals surface area (Å²) in [5.41, 5.74) is 3.39. The monoisotopic (exact) mass is 239 g/mol. The van der Waals surface area contributed by atoms with Crippen molar-refractivity contribution in [2.24, 2.45) is 4.99 Å². The predicted octanol–water partition coefficient (Wildman–Crippen LogP) is 2.90. The molecule has 0 aliphatic carbocycles. The smallest absolute Gasteiger partial charge is 0.211 e. The van der Waals surface area contributed by atoms with E-state index < -0.39 is 0 Å². The second-order valence-corrected chi connectivity index (χ2v) is 3.68. The number of aryl methyl sites for hydroxylation is 1. The van der Waals surface area contributed by atoms with E-state index in [1.807, 2.05) is 26.0 Å². The van der Waals surface area contributed by atoms with E-state index in [0.717, 1.165) is 15.6 Å². The number of hydrogen-bond acceptors (Lipinski definition) is 2. The molecule has 1 aromatic rings. The zero-order valence-corrected chi connectivity index (χ0v) is 9.18. The van der Waals surface area contributed by atoms with Gasteiger partial charge in [-0.3, -0.25) is 0 Å². The summed E-state index contributed by atoms with van der Waals surface area (Å²) in [5.74, 6) is 0. The van der Waals surface area contributed by atoms with Crippen molar-refractivity contribution in [2.45, 2.75) is 20.4 Å². The molecule has 0 N–H and O–H groups in total. The minimum absolute atomic E-state index is 0.411. The molecule has 2 nitrogen and oxygen atoms in total. The highest BCUT2D eigenvalue weighted by molar-refractivity contribution is 9.10. The van der Waals surface area contributed by atoms with Crippen LogP contribution in [0.15, 0.2) is 21.6 Å². The second kappa shape index (κ2) is 4.35. The topological polar surface area (TPSA) is 29.4 Å². The number of hydrogen-bond donors (Lipinski definition) is 0. The highest BCUT2D eigenvalue weighted by Crippen LogP contribution is 2.24. The molecule has 0 saturated carbocycles. The summed E-state index contributed by atoms with van der Waals surface area (Å²) in [6, 6.07) is 3.99. The fraction of sp³-hybridized carbons (Fsp3) is 0.300. The number of isocyanates is 1. The zero-order valence-electron chi connectivity index (χ0n) is 7.60. The maximum Gasteiger partial charge on any atom is 0.235 e. The fourth-order valence-electron chi connectivity index (χ4n) is 1.15. The molecule has 68 valence electrons. The Labute approximate surface area is 85.8 Å². The summed E-state index contributed by atoms with van der Waals surface area (Å²) in [5, 5.41) is 0. The molecule has 1 rings (SSSR count). The summed E-state index contributed by atoms with van der Waals surface area (Å²) in [4.78, 5) is 13.5. The van der Waals surface area contributed by atoms with Crippen molar-refractivity contribution in [1.29, 1.82) is 0 Å². The summed E-state index contributed by atoms with van der Waals surface area (Å²) in [6.07, 6.45) is 1.54. The van der Waals surface area contributed by atoms with Gasteiger partial charge in [-0.25, -0.2) is 9.79 Å². The Hall–Kier alpha value is -0.920. The summed E-state index contributed by atoms with van der Waals surface area (Å²) < 4.78 is 1.09. The quantitative estimate of drug-likeness (QED) is 0.577. The normalized spacial score (nSPS) is 9.46. The van der Waals surface area contributed by atoms with Crippen LogP contribution in [0.1, 0.15) is 16.7 Å². The van der Waals surface area contributed by atoms with E-state index in [-0.39, 0.29) is 0 Å². The number of benzene rings is 1. The van der Waals surface area contributed by atoms with Crippen LogP contribution in [0.4, 0.5) is 0 Å². The first kappa shape index (κ1) is 10.2. The zero-order chi connectivity index (χ0) is 9.84. The summed E-state index contributed by atoms with van der Waals surface area (Å²) in [6.45, 7) is 4.45. The SMILES string of the molecule is Cc1ccc(CN=C=O)c(C)c1Br. The molecule has 0 aliphatic heterocycles. The van der Waals surface area contributed by atoms with Crippen LogP contribution in [0, 0.1) is 13.8 Å². The molecule has 0 aliphatic rings. The van der Waals surface area contributed by atoms with Gasteiger partial charge in [0.05, 0.1) is 6.54 Å². The lowest BCUT2D eigenvalue weighted by Crippen LogP contribution is -1.90. The summed E-state index contributed by atoms with van der Waals surface area (Å²) >= 11 is 3.48. The van der Waals surface area contributed by atoms with Gasteiger partial charge in [0.25, 0.3) is 0 Å². The lowest BCUT2D eigenvalue weighted by atomic mass is 10.1. The molecule has 0 heterocycles. The van der Waals surface area contributed by atoms with E-state index in [1.54, 1.807) is 0 Å². The molecule has 0 amide bonds. The average Bonchev–Trinajstić information content (AvgIpc) is 2.13. The van der Waals surface area contributed by atoms with Gasteiger partial charge in [0, 0.05) is 4.47 Å². The third-order valence-electron chi connectivity index (χ3n) is 2.01. The van der Waals surface area contributed by atoms with Crippen LogP contribution >= 0.6 is 15.9 Å². The molecular weight excluding hydrogens is 230 g/mol. The van der Waals surface area contributed by atoms with Crippen molar-refractivity contribution in [3.05, 3.63) is 33.3 Å². The minimum atomic E-state index is 0.411. The number of carbonyl (C=O) groups excluding carboxylic acids is 1. The van der Waals surface area contributed by atoms with Gasteiger partial charge in [-0.05, 0) is 30.5 Å². The predicted molar refractivity (Wildman–Crippen MR) is 55.4 cm³/mol. The Bertz CT molecular complexity index is 367. The van der Waals surface area contributed by atoms with Crippen LogP contribution in [0.3, 0.4) is 0 Å². The molecule has 0 spiro atoms. The van der Waals surface area contributed by atoms with Crippen LogP contribution in [-0.2, 0) is 11.3 Å². The standard InChI is InChI=1S/C10H10BrNO/c1-7-3-4-9(5-12-6-13)8(2)10(7)11/h3-4H,5H2,1-2H3. The third-order valence-corrected chi connectivity index (χ3v) is 3.23. The van der Waals surface area contributed by atoms with Gasteiger partial charge in [0.2, 0.25) is 6.08 Å². The van der Waals surface area contributed by atoms with E-state index in [2.05, 4.69) is 20.9 Å². The van der Waals surface area contributed by atoms with E-state index in [4.69, 9.17) is 0 Å². The van der Waals surface area contributed by atoms with Crippen LogP contribution in [0.2, 0.25) is 0 Å². The first-order chi connectivity index (χ1) is 6.16. The van der Waals surface area contributed by atoms with Gasteiger partial charge in [-0.15, -0.1) is 0 Å². The molecule has 0 fully saturated rings. The molecule has 0 saturated heterocycles. The number of halogens is 1. The Kier molecular flexibility index (Phi) is 3.40. The Morgan fingerprint density at radius 2 is 2.15 bits per heavy atom. The summed E-state index contributed by atoms with van der Waals surface area (Å²) in [7, 11) is 0. The largest absolute Gasteiger partial charge is 0.235 e. The number of rotatable bonds is 2. The molecule has 0 bridgehead atoms. The highest BCUT2D eigenvalue weighted by Gasteiger charge is 2.03. The van der Waals surface area contributed by atoms with Crippen LogP contribution in [0.5, 0.6) is 0 Å². The molecule has 0 atom stereocenters. The van der Waals surface area contributed by atoms with Gasteiger partial charge in [-0.1, -0.05) is 28.1 Å². The van der Waals surface area contributed by atoms with Crippen molar-refractivity contribution >= 4 is 22.0 Å². The average molecular weight is 240 g/mol. The van der Waals surface area contributed by atoms with Crippen LogP contribution in [0.25, 0.3) is 0 Å². The van der Waals surface area contributed by atoms with E-state index in [9.17, 15) is 4.79 Å². The van der Waals surface area contributed by atoms with Gasteiger partial charge >= 0.3 is 0 Å². The Morgan fingerprint density at radius 1 is 1.46 bits per heavy atom.